The number of hydrogen-bond donors (Lipinski definition) is 0. The standard InChI is InChI=1S/C10H14I2O3/c1-2-15-9(14)10(8(11)12)6-4-3-5-7(10)13/h8H,2-6H2,1H3. The van der Waals surface area contributed by atoms with Crippen LogP contribution in [0, 0.1) is 5.41 Å². The third-order valence-corrected chi connectivity index (χ3v) is 4.86. The number of Topliss-reactive ketones (excluding diaryl/α,β-unsaturated/α-hetero) is 1. The average Bonchev–Trinajstić information content (AvgIpc) is 2.18. The van der Waals surface area contributed by atoms with Gasteiger partial charge < -0.3 is 4.74 Å². The molecule has 0 heterocycles. The molecule has 0 bridgehead atoms. The molecule has 0 amide bonds. The predicted octanol–water partition coefficient (Wildman–Crippen LogP) is 2.88. The van der Waals surface area contributed by atoms with Gasteiger partial charge in [-0.25, -0.2) is 0 Å². The van der Waals surface area contributed by atoms with Gasteiger partial charge in [-0.1, -0.05) is 51.6 Å². The van der Waals surface area contributed by atoms with Crippen molar-refractivity contribution in [3.05, 3.63) is 0 Å². The molecular weight excluding hydrogens is 422 g/mol. The molecule has 0 aliphatic heterocycles. The highest BCUT2D eigenvalue weighted by Crippen LogP contribution is 2.44. The maximum Gasteiger partial charge on any atom is 0.321 e. The lowest BCUT2D eigenvalue weighted by molar-refractivity contribution is -0.160. The zero-order valence-corrected chi connectivity index (χ0v) is 12.9. The summed E-state index contributed by atoms with van der Waals surface area (Å²) in [6.07, 6.45) is 3.00. The zero-order valence-electron chi connectivity index (χ0n) is 8.59. The summed E-state index contributed by atoms with van der Waals surface area (Å²) in [6, 6.07) is 0. The molecule has 0 aromatic heterocycles. The Balaban J connectivity index is 2.95. The molecule has 86 valence electrons. The van der Waals surface area contributed by atoms with Gasteiger partial charge in [-0.15, -0.1) is 0 Å². The van der Waals surface area contributed by atoms with E-state index in [2.05, 4.69) is 45.2 Å². The van der Waals surface area contributed by atoms with Crippen LogP contribution < -0.4 is 0 Å². The van der Waals surface area contributed by atoms with Crippen LogP contribution >= 0.6 is 45.2 Å². The van der Waals surface area contributed by atoms with E-state index >= 15 is 0 Å². The normalized spacial score (nSPS) is 26.8. The molecule has 0 aromatic carbocycles. The van der Waals surface area contributed by atoms with Crippen LogP contribution in [0.15, 0.2) is 0 Å². The van der Waals surface area contributed by atoms with Gasteiger partial charge in [0.05, 0.1) is 8.54 Å². The Bertz CT molecular complexity index is 265. The van der Waals surface area contributed by atoms with E-state index < -0.39 is 5.41 Å². The molecule has 5 heteroatoms. The fourth-order valence-corrected chi connectivity index (χ4v) is 3.67. The van der Waals surface area contributed by atoms with Crippen LogP contribution in [0.2, 0.25) is 0 Å². The van der Waals surface area contributed by atoms with Crippen molar-refractivity contribution in [1.82, 2.24) is 0 Å². The average molecular weight is 436 g/mol. The Morgan fingerprint density at radius 1 is 1.53 bits per heavy atom. The Morgan fingerprint density at radius 3 is 2.67 bits per heavy atom. The summed E-state index contributed by atoms with van der Waals surface area (Å²) in [4.78, 5) is 23.9. The van der Waals surface area contributed by atoms with E-state index in [9.17, 15) is 9.59 Å². The Morgan fingerprint density at radius 2 is 2.20 bits per heavy atom. The Kier molecular flexibility index (Phi) is 5.27. The van der Waals surface area contributed by atoms with Gasteiger partial charge in [0.2, 0.25) is 0 Å². The smallest absolute Gasteiger partial charge is 0.321 e. The first-order valence-corrected chi connectivity index (χ1v) is 7.53. The first-order chi connectivity index (χ1) is 7.05. The van der Waals surface area contributed by atoms with Gasteiger partial charge in [-0.3, -0.25) is 9.59 Å². The third-order valence-electron chi connectivity index (χ3n) is 2.73. The minimum absolute atomic E-state index is 0.0282. The number of rotatable bonds is 3. The number of carbonyl (C=O) groups excluding carboxylic acids is 2. The Labute approximate surface area is 117 Å². The summed E-state index contributed by atoms with van der Waals surface area (Å²) < 4.78 is 5.02. The van der Waals surface area contributed by atoms with Crippen molar-refractivity contribution in [2.75, 3.05) is 6.61 Å². The van der Waals surface area contributed by atoms with Crippen molar-refractivity contribution < 1.29 is 14.3 Å². The van der Waals surface area contributed by atoms with Crippen molar-refractivity contribution >= 4 is 56.9 Å². The number of esters is 1. The van der Waals surface area contributed by atoms with Crippen LogP contribution in [0.4, 0.5) is 0 Å². The van der Waals surface area contributed by atoms with Gasteiger partial charge in [0, 0.05) is 6.42 Å². The maximum absolute atomic E-state index is 12.0. The number of hydrogen-bond acceptors (Lipinski definition) is 3. The molecule has 15 heavy (non-hydrogen) atoms. The molecule has 1 atom stereocenters. The van der Waals surface area contributed by atoms with Crippen LogP contribution in [0.5, 0.6) is 0 Å². The minimum atomic E-state index is -0.880. The molecule has 1 unspecified atom stereocenters. The van der Waals surface area contributed by atoms with Crippen LogP contribution in [0.3, 0.4) is 0 Å². The number of ether oxygens (including phenoxy) is 1. The van der Waals surface area contributed by atoms with E-state index in [0.29, 0.717) is 19.4 Å². The second kappa shape index (κ2) is 5.79. The predicted molar refractivity (Wildman–Crippen MR) is 74.4 cm³/mol. The lowest BCUT2D eigenvalue weighted by Crippen LogP contribution is -2.47. The summed E-state index contributed by atoms with van der Waals surface area (Å²) in [5, 5.41) is 0. The second-order valence-corrected chi connectivity index (χ2v) is 8.50. The van der Waals surface area contributed by atoms with Gasteiger partial charge in [-0.05, 0) is 19.8 Å². The second-order valence-electron chi connectivity index (χ2n) is 3.62. The summed E-state index contributed by atoms with van der Waals surface area (Å²) in [5.74, 6) is -0.274. The molecule has 1 aliphatic carbocycles. The molecule has 0 aromatic rings. The van der Waals surface area contributed by atoms with Crippen LogP contribution in [-0.4, -0.2) is 20.3 Å². The van der Waals surface area contributed by atoms with Crippen LogP contribution in [0.25, 0.3) is 0 Å². The highest BCUT2D eigenvalue weighted by molar-refractivity contribution is 14.2. The quantitative estimate of drug-likeness (QED) is 0.296. The van der Waals surface area contributed by atoms with E-state index in [-0.39, 0.29) is 13.7 Å². The van der Waals surface area contributed by atoms with Gasteiger partial charge in [0.15, 0.2) is 5.78 Å². The SMILES string of the molecule is CCOC(=O)C1(C(I)I)CCCCC1=O. The summed E-state index contributed by atoms with van der Waals surface area (Å²) in [7, 11) is 0. The van der Waals surface area contributed by atoms with Gasteiger partial charge >= 0.3 is 5.97 Å². The first kappa shape index (κ1) is 13.7. The topological polar surface area (TPSA) is 43.4 Å². The minimum Gasteiger partial charge on any atom is -0.465 e. The van der Waals surface area contributed by atoms with Crippen molar-refractivity contribution in [2.45, 2.75) is 34.5 Å². The monoisotopic (exact) mass is 436 g/mol. The van der Waals surface area contributed by atoms with Crippen molar-refractivity contribution in [3.8, 4) is 0 Å². The van der Waals surface area contributed by atoms with Crippen molar-refractivity contribution in [1.29, 1.82) is 0 Å². The molecule has 1 saturated carbocycles. The number of ketones is 1. The lowest BCUT2D eigenvalue weighted by atomic mass is 9.74. The molecule has 0 saturated heterocycles. The van der Waals surface area contributed by atoms with E-state index in [1.54, 1.807) is 6.92 Å². The summed E-state index contributed by atoms with van der Waals surface area (Å²) >= 11 is 4.30. The molecule has 1 aliphatic rings. The van der Waals surface area contributed by atoms with E-state index in [0.717, 1.165) is 12.8 Å². The molecule has 1 fully saturated rings. The molecule has 0 spiro atoms. The lowest BCUT2D eigenvalue weighted by Gasteiger charge is -2.34. The van der Waals surface area contributed by atoms with Gasteiger partial charge in [0.25, 0.3) is 0 Å². The maximum atomic E-state index is 12.0. The highest BCUT2D eigenvalue weighted by atomic mass is 127. The first-order valence-electron chi connectivity index (χ1n) is 5.04. The highest BCUT2D eigenvalue weighted by Gasteiger charge is 2.52. The van der Waals surface area contributed by atoms with Crippen LogP contribution in [0.1, 0.15) is 32.6 Å². The van der Waals surface area contributed by atoms with Gasteiger partial charge in [0.1, 0.15) is 5.41 Å². The number of halogens is 2. The van der Waals surface area contributed by atoms with Gasteiger partial charge in [-0.2, -0.15) is 0 Å². The number of carbonyl (C=O) groups is 2. The van der Waals surface area contributed by atoms with E-state index in [1.807, 2.05) is 0 Å². The molecule has 3 nitrogen and oxygen atoms in total. The molecule has 1 rings (SSSR count). The van der Waals surface area contributed by atoms with Crippen molar-refractivity contribution in [3.63, 3.8) is 0 Å². The van der Waals surface area contributed by atoms with Crippen LogP contribution in [-0.2, 0) is 14.3 Å². The third kappa shape index (κ3) is 2.65. The van der Waals surface area contributed by atoms with E-state index in [4.69, 9.17) is 4.74 Å². The number of alkyl halides is 2. The Hall–Kier alpha value is 0.600. The molecule has 0 radical (unpaired) electrons. The summed E-state index contributed by atoms with van der Waals surface area (Å²) in [5.41, 5.74) is -0.880. The zero-order chi connectivity index (χ0) is 11.5. The fraction of sp³-hybridized carbons (Fsp3) is 0.800. The fourth-order valence-electron chi connectivity index (χ4n) is 1.85. The molecular formula is C10H14I2O3. The summed E-state index contributed by atoms with van der Waals surface area (Å²) in [6.45, 7) is 2.11. The van der Waals surface area contributed by atoms with Crippen molar-refractivity contribution in [2.24, 2.45) is 5.41 Å². The largest absolute Gasteiger partial charge is 0.465 e. The van der Waals surface area contributed by atoms with E-state index in [1.165, 1.54) is 0 Å². The molecule has 0 N–H and O–H groups in total.